The van der Waals surface area contributed by atoms with Gasteiger partial charge in [-0.25, -0.2) is 0 Å². The smallest absolute Gasteiger partial charge is 0.266 e. The summed E-state index contributed by atoms with van der Waals surface area (Å²) in [6.07, 6.45) is 1.88. The summed E-state index contributed by atoms with van der Waals surface area (Å²) in [6.45, 7) is 0.517. The molecule has 0 spiro atoms. The van der Waals surface area contributed by atoms with Gasteiger partial charge in [0.15, 0.2) is 5.17 Å². The Hall–Kier alpha value is -2.05. The van der Waals surface area contributed by atoms with Crippen molar-refractivity contribution in [2.24, 2.45) is 4.99 Å². The highest BCUT2D eigenvalue weighted by Crippen LogP contribution is 2.31. The quantitative estimate of drug-likeness (QED) is 0.685. The fourth-order valence-corrected chi connectivity index (χ4v) is 3.50. The van der Waals surface area contributed by atoms with Gasteiger partial charge in [-0.15, -0.1) is 0 Å². The van der Waals surface area contributed by atoms with Crippen LogP contribution < -0.4 is 4.74 Å². The van der Waals surface area contributed by atoms with E-state index in [0.717, 1.165) is 21.3 Å². The first-order chi connectivity index (χ1) is 12.1. The minimum absolute atomic E-state index is 0.0267. The lowest BCUT2D eigenvalue weighted by molar-refractivity contribution is -0.121. The number of amidine groups is 1. The lowest BCUT2D eigenvalue weighted by atomic mass is 10.2. The molecule has 3 rings (SSSR count). The largest absolute Gasteiger partial charge is 0.489 e. The molecular formula is C19H17BrN2O2S. The average Bonchev–Trinajstić information content (AvgIpc) is 2.90. The standard InChI is InChI=1S/C19H17BrN2O2S/c1-21-19-22(2)18(23)17(25-19)11-13-5-9-16(10-6-13)24-12-14-3-7-15(20)8-4-14/h3-11H,12H2,1-2H3/b17-11+,21-19?. The Kier molecular flexibility index (Phi) is 5.60. The molecule has 0 unspecified atom stereocenters. The van der Waals surface area contributed by atoms with Gasteiger partial charge in [0, 0.05) is 18.6 Å². The summed E-state index contributed by atoms with van der Waals surface area (Å²) in [6, 6.07) is 15.7. The monoisotopic (exact) mass is 416 g/mol. The maximum Gasteiger partial charge on any atom is 0.266 e. The molecule has 0 N–H and O–H groups in total. The Morgan fingerprint density at radius 1 is 1.16 bits per heavy atom. The molecule has 4 nitrogen and oxygen atoms in total. The maximum absolute atomic E-state index is 12.2. The molecule has 0 bridgehead atoms. The molecule has 2 aromatic rings. The van der Waals surface area contributed by atoms with E-state index in [2.05, 4.69) is 20.9 Å². The van der Waals surface area contributed by atoms with E-state index >= 15 is 0 Å². The average molecular weight is 417 g/mol. The minimum Gasteiger partial charge on any atom is -0.489 e. The van der Waals surface area contributed by atoms with Crippen LogP contribution >= 0.6 is 27.7 Å². The van der Waals surface area contributed by atoms with Crippen LogP contribution in [0.3, 0.4) is 0 Å². The van der Waals surface area contributed by atoms with Crippen molar-refractivity contribution in [2.75, 3.05) is 14.1 Å². The molecule has 0 saturated carbocycles. The number of nitrogens with zero attached hydrogens (tertiary/aromatic N) is 2. The molecule has 1 amide bonds. The van der Waals surface area contributed by atoms with E-state index in [1.54, 1.807) is 19.0 Å². The second kappa shape index (κ2) is 7.89. The van der Waals surface area contributed by atoms with Crippen molar-refractivity contribution in [2.45, 2.75) is 6.61 Å². The van der Waals surface area contributed by atoms with E-state index in [-0.39, 0.29) is 5.91 Å². The summed E-state index contributed by atoms with van der Waals surface area (Å²) < 4.78 is 6.84. The summed E-state index contributed by atoms with van der Waals surface area (Å²) >= 11 is 4.81. The minimum atomic E-state index is -0.0267. The molecule has 1 heterocycles. The zero-order valence-electron chi connectivity index (χ0n) is 13.9. The third-order valence-electron chi connectivity index (χ3n) is 3.69. The molecule has 1 aliphatic rings. The van der Waals surface area contributed by atoms with Gasteiger partial charge in [0.1, 0.15) is 12.4 Å². The molecule has 25 heavy (non-hydrogen) atoms. The number of rotatable bonds is 4. The first-order valence-corrected chi connectivity index (χ1v) is 9.29. The van der Waals surface area contributed by atoms with Gasteiger partial charge in [0.05, 0.1) is 4.91 Å². The van der Waals surface area contributed by atoms with Gasteiger partial charge in [0.25, 0.3) is 5.91 Å². The second-order valence-corrected chi connectivity index (χ2v) is 7.39. The number of ether oxygens (including phenoxy) is 1. The Morgan fingerprint density at radius 2 is 1.84 bits per heavy atom. The SMILES string of the molecule is CN=C1S/C(=C/c2ccc(OCc3ccc(Br)cc3)cc2)C(=O)N1C. The van der Waals surface area contributed by atoms with Gasteiger partial charge < -0.3 is 4.74 Å². The summed E-state index contributed by atoms with van der Waals surface area (Å²) in [5, 5.41) is 0.714. The zero-order valence-corrected chi connectivity index (χ0v) is 16.3. The highest BCUT2D eigenvalue weighted by molar-refractivity contribution is 9.10. The zero-order chi connectivity index (χ0) is 17.8. The van der Waals surface area contributed by atoms with Gasteiger partial charge in [-0.3, -0.25) is 14.7 Å². The van der Waals surface area contributed by atoms with Crippen molar-refractivity contribution < 1.29 is 9.53 Å². The van der Waals surface area contributed by atoms with Crippen LogP contribution in [0.5, 0.6) is 5.75 Å². The normalized spacial score (nSPS) is 17.6. The molecule has 0 atom stereocenters. The molecule has 2 aromatic carbocycles. The fraction of sp³-hybridized carbons (Fsp3) is 0.158. The van der Waals surface area contributed by atoms with E-state index in [1.165, 1.54) is 11.8 Å². The number of thioether (sulfide) groups is 1. The highest BCUT2D eigenvalue weighted by Gasteiger charge is 2.29. The third kappa shape index (κ3) is 4.32. The van der Waals surface area contributed by atoms with Crippen molar-refractivity contribution in [3.63, 3.8) is 0 Å². The van der Waals surface area contributed by atoms with Crippen molar-refractivity contribution >= 4 is 44.8 Å². The molecule has 0 aromatic heterocycles. The Morgan fingerprint density at radius 3 is 2.44 bits per heavy atom. The number of amides is 1. The predicted octanol–water partition coefficient (Wildman–Crippen LogP) is 4.56. The van der Waals surface area contributed by atoms with Crippen LogP contribution in [0.2, 0.25) is 0 Å². The number of likely N-dealkylation sites (N-methyl/N-ethyl adjacent to an activating group) is 1. The van der Waals surface area contributed by atoms with Gasteiger partial charge >= 0.3 is 0 Å². The topological polar surface area (TPSA) is 41.9 Å². The number of benzene rings is 2. The van der Waals surface area contributed by atoms with Gasteiger partial charge in [-0.05, 0) is 53.2 Å². The predicted molar refractivity (Wildman–Crippen MR) is 107 cm³/mol. The summed E-state index contributed by atoms with van der Waals surface area (Å²) in [5.74, 6) is 0.768. The van der Waals surface area contributed by atoms with Gasteiger partial charge in [-0.1, -0.05) is 40.2 Å². The lowest BCUT2D eigenvalue weighted by Crippen LogP contribution is -2.23. The van der Waals surface area contributed by atoms with Gasteiger partial charge in [-0.2, -0.15) is 0 Å². The van der Waals surface area contributed by atoms with Crippen LogP contribution in [0.1, 0.15) is 11.1 Å². The first-order valence-electron chi connectivity index (χ1n) is 7.68. The first kappa shape index (κ1) is 17.8. The van der Waals surface area contributed by atoms with Crippen LogP contribution in [-0.2, 0) is 11.4 Å². The van der Waals surface area contributed by atoms with E-state index in [1.807, 2.05) is 54.6 Å². The lowest BCUT2D eigenvalue weighted by Gasteiger charge is -2.07. The summed E-state index contributed by atoms with van der Waals surface area (Å²) in [5.41, 5.74) is 2.06. The molecule has 1 fully saturated rings. The Balaban J connectivity index is 1.65. The van der Waals surface area contributed by atoms with Crippen LogP contribution in [0.25, 0.3) is 6.08 Å². The van der Waals surface area contributed by atoms with E-state index in [0.29, 0.717) is 16.7 Å². The maximum atomic E-state index is 12.2. The van der Waals surface area contributed by atoms with E-state index in [9.17, 15) is 4.79 Å². The molecule has 1 aliphatic heterocycles. The van der Waals surface area contributed by atoms with Crippen LogP contribution in [0.15, 0.2) is 62.9 Å². The number of halogens is 1. The van der Waals surface area contributed by atoms with E-state index < -0.39 is 0 Å². The highest BCUT2D eigenvalue weighted by atomic mass is 79.9. The fourth-order valence-electron chi connectivity index (χ4n) is 2.31. The molecule has 0 radical (unpaired) electrons. The summed E-state index contributed by atoms with van der Waals surface area (Å²) in [7, 11) is 3.42. The Bertz CT molecular complexity index is 830. The number of hydrogen-bond acceptors (Lipinski definition) is 4. The number of carbonyl (C=O) groups excluding carboxylic acids is 1. The number of hydrogen-bond donors (Lipinski definition) is 0. The third-order valence-corrected chi connectivity index (χ3v) is 5.37. The summed E-state index contributed by atoms with van der Waals surface area (Å²) in [4.78, 5) is 18.5. The number of carbonyl (C=O) groups is 1. The van der Waals surface area contributed by atoms with Crippen LogP contribution in [0.4, 0.5) is 0 Å². The van der Waals surface area contributed by atoms with Gasteiger partial charge in [0.2, 0.25) is 0 Å². The molecular weight excluding hydrogens is 400 g/mol. The van der Waals surface area contributed by atoms with Crippen LogP contribution in [-0.4, -0.2) is 30.1 Å². The number of aliphatic imine (C=N–C) groups is 1. The van der Waals surface area contributed by atoms with E-state index in [4.69, 9.17) is 4.74 Å². The molecule has 128 valence electrons. The van der Waals surface area contributed by atoms with Crippen LogP contribution in [0, 0.1) is 0 Å². The second-order valence-electron chi connectivity index (χ2n) is 5.47. The van der Waals surface area contributed by atoms with Crippen molar-refractivity contribution in [1.29, 1.82) is 0 Å². The molecule has 6 heteroatoms. The van der Waals surface area contributed by atoms with Crippen molar-refractivity contribution in [3.8, 4) is 5.75 Å². The Labute approximate surface area is 159 Å². The molecule has 0 aliphatic carbocycles. The van der Waals surface area contributed by atoms with Crippen molar-refractivity contribution in [1.82, 2.24) is 4.90 Å². The molecule has 1 saturated heterocycles. The van der Waals surface area contributed by atoms with Crippen molar-refractivity contribution in [3.05, 3.63) is 69.0 Å².